The van der Waals surface area contributed by atoms with Gasteiger partial charge >= 0.3 is 5.97 Å². The Kier molecular flexibility index (Phi) is 4.41. The predicted molar refractivity (Wildman–Crippen MR) is 61.5 cm³/mol. The van der Waals surface area contributed by atoms with Crippen molar-refractivity contribution in [2.24, 2.45) is 0 Å². The van der Waals surface area contributed by atoms with Crippen LogP contribution < -0.4 is 4.74 Å². The number of aliphatic carboxylic acids is 1. The topological polar surface area (TPSA) is 46.5 Å². The molecule has 84 valence electrons. The molecule has 1 aromatic rings. The zero-order valence-corrected chi connectivity index (χ0v) is 9.19. The van der Waals surface area contributed by atoms with Gasteiger partial charge in [-0.2, -0.15) is 0 Å². The summed E-state index contributed by atoms with van der Waals surface area (Å²) in [6.07, 6.45) is 5.93. The van der Waals surface area contributed by atoms with Crippen LogP contribution in [0.25, 0.3) is 0 Å². The molecule has 3 nitrogen and oxygen atoms in total. The van der Waals surface area contributed by atoms with Crippen LogP contribution in [0.5, 0.6) is 5.75 Å². The lowest BCUT2D eigenvalue weighted by Gasteiger charge is -2.09. The molecule has 0 saturated heterocycles. The van der Waals surface area contributed by atoms with Crippen LogP contribution in [0, 0.1) is 12.3 Å². The Morgan fingerprint density at radius 1 is 1.56 bits per heavy atom. The average Bonchev–Trinajstić information content (AvgIpc) is 2.26. The number of hydrogen-bond donors (Lipinski definition) is 1. The van der Waals surface area contributed by atoms with Crippen LogP contribution in [0.2, 0.25) is 0 Å². The van der Waals surface area contributed by atoms with Crippen LogP contribution in [0.1, 0.15) is 18.1 Å². The van der Waals surface area contributed by atoms with E-state index in [1.165, 1.54) is 0 Å². The summed E-state index contributed by atoms with van der Waals surface area (Å²) in [5, 5.41) is 8.68. The van der Waals surface area contributed by atoms with Crippen molar-refractivity contribution in [2.45, 2.75) is 19.8 Å². The Hall–Kier alpha value is -1.95. The molecule has 0 aliphatic carbocycles. The number of carboxylic acids is 1. The standard InChI is InChI=1S/C13H14O3/c1-3-7-16-12-6-5-10(9-13(14)15)8-11(12)4-2/h1,5-6,8H,4,7,9H2,2H3,(H,14,15). The minimum absolute atomic E-state index is 0.0302. The van der Waals surface area contributed by atoms with E-state index in [0.717, 1.165) is 23.3 Å². The Balaban J connectivity index is 2.88. The van der Waals surface area contributed by atoms with Gasteiger partial charge in [-0.1, -0.05) is 25.0 Å². The Morgan fingerprint density at radius 3 is 2.88 bits per heavy atom. The molecule has 0 bridgehead atoms. The second-order valence-electron chi connectivity index (χ2n) is 3.36. The molecule has 1 aromatic carbocycles. The molecule has 0 heterocycles. The maximum Gasteiger partial charge on any atom is 0.307 e. The van der Waals surface area contributed by atoms with E-state index < -0.39 is 5.97 Å². The molecule has 0 aliphatic rings. The van der Waals surface area contributed by atoms with Crippen molar-refractivity contribution in [3.63, 3.8) is 0 Å². The number of carbonyl (C=O) groups is 1. The van der Waals surface area contributed by atoms with E-state index in [1.807, 2.05) is 13.0 Å². The van der Waals surface area contributed by atoms with Crippen molar-refractivity contribution in [2.75, 3.05) is 6.61 Å². The number of aryl methyl sites for hydroxylation is 1. The van der Waals surface area contributed by atoms with E-state index in [0.29, 0.717) is 0 Å². The number of ether oxygens (including phenoxy) is 1. The van der Waals surface area contributed by atoms with E-state index in [-0.39, 0.29) is 13.0 Å². The van der Waals surface area contributed by atoms with Crippen LogP contribution in [-0.2, 0) is 17.6 Å². The molecular weight excluding hydrogens is 204 g/mol. The van der Waals surface area contributed by atoms with Crippen LogP contribution in [0.15, 0.2) is 18.2 Å². The highest BCUT2D eigenvalue weighted by molar-refractivity contribution is 5.70. The SMILES string of the molecule is C#CCOc1ccc(CC(=O)O)cc1CC. The van der Waals surface area contributed by atoms with Gasteiger partial charge in [0.1, 0.15) is 12.4 Å². The molecule has 0 atom stereocenters. The van der Waals surface area contributed by atoms with E-state index in [4.69, 9.17) is 16.3 Å². The maximum absolute atomic E-state index is 10.6. The highest BCUT2D eigenvalue weighted by Gasteiger charge is 2.06. The number of rotatable bonds is 5. The Morgan fingerprint density at radius 2 is 2.31 bits per heavy atom. The van der Waals surface area contributed by atoms with Crippen LogP contribution in [-0.4, -0.2) is 17.7 Å². The molecule has 0 saturated carbocycles. The third kappa shape index (κ3) is 3.32. The monoisotopic (exact) mass is 218 g/mol. The summed E-state index contributed by atoms with van der Waals surface area (Å²) in [5.41, 5.74) is 1.76. The zero-order valence-electron chi connectivity index (χ0n) is 9.19. The minimum Gasteiger partial charge on any atom is -0.481 e. The largest absolute Gasteiger partial charge is 0.481 e. The summed E-state index contributed by atoms with van der Waals surface area (Å²) in [7, 11) is 0. The second-order valence-corrected chi connectivity index (χ2v) is 3.36. The van der Waals surface area contributed by atoms with Crippen molar-refractivity contribution < 1.29 is 14.6 Å². The van der Waals surface area contributed by atoms with Crippen molar-refractivity contribution in [3.8, 4) is 18.1 Å². The fourth-order valence-corrected chi connectivity index (χ4v) is 1.45. The highest BCUT2D eigenvalue weighted by Crippen LogP contribution is 2.21. The number of carboxylic acid groups (broad SMARTS) is 1. The average molecular weight is 218 g/mol. The van der Waals surface area contributed by atoms with E-state index in [1.54, 1.807) is 12.1 Å². The predicted octanol–water partition coefficient (Wildman–Crippen LogP) is 1.89. The summed E-state index contributed by atoms with van der Waals surface area (Å²) < 4.78 is 5.35. The normalized spacial score (nSPS) is 9.50. The number of hydrogen-bond acceptors (Lipinski definition) is 2. The van der Waals surface area contributed by atoms with Crippen LogP contribution >= 0.6 is 0 Å². The van der Waals surface area contributed by atoms with Crippen molar-refractivity contribution in [1.82, 2.24) is 0 Å². The van der Waals surface area contributed by atoms with Crippen LogP contribution in [0.3, 0.4) is 0 Å². The lowest BCUT2D eigenvalue weighted by Crippen LogP contribution is -2.02. The van der Waals surface area contributed by atoms with Gasteiger partial charge in [-0.15, -0.1) is 6.42 Å². The van der Waals surface area contributed by atoms with Gasteiger partial charge in [-0.05, 0) is 23.6 Å². The molecule has 0 aromatic heterocycles. The Bertz CT molecular complexity index is 416. The van der Waals surface area contributed by atoms with Crippen molar-refractivity contribution >= 4 is 5.97 Å². The summed E-state index contributed by atoms with van der Waals surface area (Å²) >= 11 is 0. The third-order valence-electron chi connectivity index (χ3n) is 2.17. The number of benzene rings is 1. The summed E-state index contributed by atoms with van der Waals surface area (Å²) in [6, 6.07) is 5.37. The lowest BCUT2D eigenvalue weighted by atomic mass is 10.1. The van der Waals surface area contributed by atoms with E-state index in [2.05, 4.69) is 5.92 Å². The summed E-state index contributed by atoms with van der Waals surface area (Å²) in [6.45, 7) is 2.22. The van der Waals surface area contributed by atoms with Crippen molar-refractivity contribution in [1.29, 1.82) is 0 Å². The van der Waals surface area contributed by atoms with Gasteiger partial charge in [0.25, 0.3) is 0 Å². The summed E-state index contributed by atoms with van der Waals surface area (Å²) in [4.78, 5) is 10.6. The fraction of sp³-hybridized carbons (Fsp3) is 0.308. The number of terminal acetylenes is 1. The minimum atomic E-state index is -0.834. The molecule has 0 spiro atoms. The molecule has 1 N–H and O–H groups in total. The quantitative estimate of drug-likeness (QED) is 0.768. The molecule has 0 aliphatic heterocycles. The van der Waals surface area contributed by atoms with Gasteiger partial charge in [0.2, 0.25) is 0 Å². The van der Waals surface area contributed by atoms with Crippen molar-refractivity contribution in [3.05, 3.63) is 29.3 Å². The first-order valence-corrected chi connectivity index (χ1v) is 5.07. The fourth-order valence-electron chi connectivity index (χ4n) is 1.45. The second kappa shape index (κ2) is 5.82. The van der Waals surface area contributed by atoms with Crippen LogP contribution in [0.4, 0.5) is 0 Å². The smallest absolute Gasteiger partial charge is 0.307 e. The molecule has 0 radical (unpaired) electrons. The third-order valence-corrected chi connectivity index (χ3v) is 2.17. The van der Waals surface area contributed by atoms with Gasteiger partial charge in [-0.3, -0.25) is 4.79 Å². The Labute approximate surface area is 95.1 Å². The van der Waals surface area contributed by atoms with E-state index >= 15 is 0 Å². The van der Waals surface area contributed by atoms with Gasteiger partial charge in [-0.25, -0.2) is 0 Å². The molecular formula is C13H14O3. The molecule has 16 heavy (non-hydrogen) atoms. The highest BCUT2D eigenvalue weighted by atomic mass is 16.5. The first-order valence-electron chi connectivity index (χ1n) is 5.07. The molecule has 0 fully saturated rings. The lowest BCUT2D eigenvalue weighted by molar-refractivity contribution is -0.136. The molecule has 0 unspecified atom stereocenters. The molecule has 1 rings (SSSR count). The van der Waals surface area contributed by atoms with Gasteiger partial charge in [0.15, 0.2) is 0 Å². The van der Waals surface area contributed by atoms with Gasteiger partial charge in [0.05, 0.1) is 6.42 Å². The maximum atomic E-state index is 10.6. The van der Waals surface area contributed by atoms with Gasteiger partial charge in [0, 0.05) is 0 Å². The molecule has 3 heteroatoms. The first kappa shape index (κ1) is 12.1. The first-order chi connectivity index (χ1) is 7.67. The molecule has 0 amide bonds. The summed E-state index contributed by atoms with van der Waals surface area (Å²) in [5.74, 6) is 2.30. The van der Waals surface area contributed by atoms with Gasteiger partial charge < -0.3 is 9.84 Å². The zero-order chi connectivity index (χ0) is 12.0. The van der Waals surface area contributed by atoms with E-state index in [9.17, 15) is 4.79 Å².